The molecule has 74 valence electrons. The smallest absolute Gasteiger partial charge is 0.228 e. The molecule has 0 fully saturated rings. The number of benzene rings is 1. The van der Waals surface area contributed by atoms with E-state index in [1.165, 1.54) is 0 Å². The van der Waals surface area contributed by atoms with Crippen molar-refractivity contribution < 1.29 is 4.79 Å². The Balaban J connectivity index is 2.07. The van der Waals surface area contributed by atoms with E-state index in [-0.39, 0.29) is 5.91 Å². The lowest BCUT2D eigenvalue weighted by molar-refractivity contribution is -0.115. The molecular weight excluding hydrogens is 208 g/mol. The largest absolute Gasteiger partial charge is 0.326 e. The third-order valence-electron chi connectivity index (χ3n) is 2.46. The van der Waals surface area contributed by atoms with Crippen molar-refractivity contribution >= 4 is 22.9 Å². The number of hydrogen-bond acceptors (Lipinski definition) is 3. The summed E-state index contributed by atoms with van der Waals surface area (Å²) in [6, 6.07) is 5.96. The van der Waals surface area contributed by atoms with E-state index < -0.39 is 0 Å². The van der Waals surface area contributed by atoms with Crippen LogP contribution in [0.15, 0.2) is 29.1 Å². The van der Waals surface area contributed by atoms with Gasteiger partial charge in [-0.2, -0.15) is 0 Å². The first kappa shape index (κ1) is 8.61. The van der Waals surface area contributed by atoms with Crippen molar-refractivity contribution in [1.82, 2.24) is 4.98 Å². The normalized spacial score (nSPS) is 13.7. The number of anilines is 1. The van der Waals surface area contributed by atoms with Crippen LogP contribution in [0.5, 0.6) is 0 Å². The van der Waals surface area contributed by atoms with Crippen molar-refractivity contribution in [2.45, 2.75) is 6.42 Å². The Kier molecular flexibility index (Phi) is 1.82. The van der Waals surface area contributed by atoms with Gasteiger partial charge in [0.25, 0.3) is 0 Å². The molecule has 15 heavy (non-hydrogen) atoms. The van der Waals surface area contributed by atoms with Gasteiger partial charge in [-0.15, -0.1) is 11.3 Å². The Hall–Kier alpha value is -1.68. The lowest BCUT2D eigenvalue weighted by Gasteiger charge is -2.00. The topological polar surface area (TPSA) is 42.0 Å². The van der Waals surface area contributed by atoms with Crippen LogP contribution < -0.4 is 5.32 Å². The van der Waals surface area contributed by atoms with Gasteiger partial charge in [-0.3, -0.25) is 4.79 Å². The molecule has 1 amide bonds. The van der Waals surface area contributed by atoms with Crippen LogP contribution in [0.3, 0.4) is 0 Å². The van der Waals surface area contributed by atoms with E-state index >= 15 is 0 Å². The van der Waals surface area contributed by atoms with Crippen molar-refractivity contribution in [1.29, 1.82) is 0 Å². The maximum absolute atomic E-state index is 11.2. The van der Waals surface area contributed by atoms with Crippen LogP contribution in [-0.2, 0) is 11.2 Å². The number of nitrogens with one attached hydrogen (secondary N) is 1. The predicted octanol–water partition coefficient (Wildman–Crippen LogP) is 2.30. The highest BCUT2D eigenvalue weighted by Crippen LogP contribution is 2.28. The standard InChI is InChI=1S/C11H8N2OS/c14-11-4-8-3-7(1-2-9(8)13-11)10-5-15-6-12-10/h1-3,5-6H,4H2,(H,13,14). The van der Waals surface area contributed by atoms with Crippen molar-refractivity contribution in [3.05, 3.63) is 34.7 Å². The van der Waals surface area contributed by atoms with Crippen LogP contribution in [0.2, 0.25) is 0 Å². The van der Waals surface area contributed by atoms with Crippen LogP contribution in [-0.4, -0.2) is 10.9 Å². The van der Waals surface area contributed by atoms with E-state index in [0.29, 0.717) is 6.42 Å². The minimum absolute atomic E-state index is 0.0698. The van der Waals surface area contributed by atoms with E-state index in [0.717, 1.165) is 22.5 Å². The molecule has 0 atom stereocenters. The Morgan fingerprint density at radius 2 is 2.33 bits per heavy atom. The second-order valence-corrected chi connectivity index (χ2v) is 4.19. The van der Waals surface area contributed by atoms with Crippen molar-refractivity contribution in [3.63, 3.8) is 0 Å². The van der Waals surface area contributed by atoms with Crippen LogP contribution in [0.25, 0.3) is 11.3 Å². The number of thiazole rings is 1. The summed E-state index contributed by atoms with van der Waals surface area (Å²) >= 11 is 1.57. The van der Waals surface area contributed by atoms with E-state index in [2.05, 4.69) is 10.3 Å². The highest BCUT2D eigenvalue weighted by Gasteiger charge is 2.17. The zero-order valence-electron chi connectivity index (χ0n) is 7.86. The summed E-state index contributed by atoms with van der Waals surface area (Å²) in [4.78, 5) is 15.4. The van der Waals surface area contributed by atoms with Crippen LogP contribution in [0, 0.1) is 0 Å². The Bertz CT molecular complexity index is 519. The summed E-state index contributed by atoms with van der Waals surface area (Å²) in [5.41, 5.74) is 5.85. The molecule has 3 nitrogen and oxygen atoms in total. The van der Waals surface area contributed by atoms with Crippen LogP contribution >= 0.6 is 11.3 Å². The van der Waals surface area contributed by atoms with Gasteiger partial charge in [0.1, 0.15) is 0 Å². The summed E-state index contributed by atoms with van der Waals surface area (Å²) in [5.74, 6) is 0.0698. The molecule has 3 rings (SSSR count). The molecule has 0 aliphatic carbocycles. The average molecular weight is 216 g/mol. The van der Waals surface area contributed by atoms with Crippen molar-refractivity contribution in [2.75, 3.05) is 5.32 Å². The van der Waals surface area contributed by atoms with Gasteiger partial charge in [0.15, 0.2) is 0 Å². The van der Waals surface area contributed by atoms with E-state index in [4.69, 9.17) is 0 Å². The number of rotatable bonds is 1. The molecule has 1 aliphatic rings. The third kappa shape index (κ3) is 1.43. The number of carbonyl (C=O) groups excluding carboxylic acids is 1. The fourth-order valence-corrected chi connectivity index (χ4v) is 2.30. The molecule has 0 spiro atoms. The van der Waals surface area contributed by atoms with Gasteiger partial charge >= 0.3 is 0 Å². The molecule has 1 aliphatic heterocycles. The van der Waals surface area contributed by atoms with Crippen LogP contribution in [0.4, 0.5) is 5.69 Å². The predicted molar refractivity (Wildman–Crippen MR) is 59.9 cm³/mol. The van der Waals surface area contributed by atoms with Gasteiger partial charge in [-0.1, -0.05) is 6.07 Å². The number of amides is 1. The second kappa shape index (κ2) is 3.17. The molecule has 4 heteroatoms. The SMILES string of the molecule is O=C1Cc2cc(-c3cscn3)ccc2N1. The first-order chi connectivity index (χ1) is 7.33. The van der Waals surface area contributed by atoms with Gasteiger partial charge < -0.3 is 5.32 Å². The molecule has 0 unspecified atom stereocenters. The fraction of sp³-hybridized carbons (Fsp3) is 0.0909. The zero-order valence-corrected chi connectivity index (χ0v) is 8.67. The molecule has 2 heterocycles. The number of carbonyl (C=O) groups is 1. The van der Waals surface area contributed by atoms with Crippen molar-refractivity contribution in [3.8, 4) is 11.3 Å². The van der Waals surface area contributed by atoms with Gasteiger partial charge in [-0.05, 0) is 17.7 Å². The minimum atomic E-state index is 0.0698. The molecule has 0 bridgehead atoms. The summed E-state index contributed by atoms with van der Waals surface area (Å²) < 4.78 is 0. The number of aromatic nitrogens is 1. The maximum atomic E-state index is 11.2. The zero-order chi connectivity index (χ0) is 10.3. The maximum Gasteiger partial charge on any atom is 0.228 e. The summed E-state index contributed by atoms with van der Waals surface area (Å²) in [6.07, 6.45) is 0.479. The van der Waals surface area contributed by atoms with Gasteiger partial charge in [0, 0.05) is 16.6 Å². The Labute approximate surface area is 90.8 Å². The van der Waals surface area contributed by atoms with Gasteiger partial charge in [0.05, 0.1) is 17.6 Å². The lowest BCUT2D eigenvalue weighted by Crippen LogP contribution is -2.03. The van der Waals surface area contributed by atoms with Crippen molar-refractivity contribution in [2.24, 2.45) is 0 Å². The molecular formula is C11H8N2OS. The highest BCUT2D eigenvalue weighted by atomic mass is 32.1. The summed E-state index contributed by atoms with van der Waals surface area (Å²) in [7, 11) is 0. The Morgan fingerprint density at radius 3 is 3.13 bits per heavy atom. The first-order valence-corrected chi connectivity index (χ1v) is 5.58. The quantitative estimate of drug-likeness (QED) is 0.794. The minimum Gasteiger partial charge on any atom is -0.326 e. The van der Waals surface area contributed by atoms with E-state index in [1.54, 1.807) is 11.3 Å². The Morgan fingerprint density at radius 1 is 1.40 bits per heavy atom. The third-order valence-corrected chi connectivity index (χ3v) is 3.04. The fourth-order valence-electron chi connectivity index (χ4n) is 1.74. The molecule has 0 saturated carbocycles. The molecule has 1 aromatic heterocycles. The number of fused-ring (bicyclic) bond motifs is 1. The highest BCUT2D eigenvalue weighted by molar-refractivity contribution is 7.07. The summed E-state index contributed by atoms with van der Waals surface area (Å²) in [6.45, 7) is 0. The molecule has 0 radical (unpaired) electrons. The van der Waals surface area contributed by atoms with Crippen LogP contribution in [0.1, 0.15) is 5.56 Å². The second-order valence-electron chi connectivity index (χ2n) is 3.47. The lowest BCUT2D eigenvalue weighted by atomic mass is 10.1. The van der Waals surface area contributed by atoms with Gasteiger partial charge in [-0.25, -0.2) is 4.98 Å². The van der Waals surface area contributed by atoms with Gasteiger partial charge in [0.2, 0.25) is 5.91 Å². The van der Waals surface area contributed by atoms with E-state index in [1.807, 2.05) is 29.1 Å². The van der Waals surface area contributed by atoms with E-state index in [9.17, 15) is 4.79 Å². The first-order valence-electron chi connectivity index (χ1n) is 4.64. The molecule has 2 aromatic rings. The molecule has 0 saturated heterocycles. The number of nitrogens with zero attached hydrogens (tertiary/aromatic N) is 1. The summed E-state index contributed by atoms with van der Waals surface area (Å²) in [5, 5.41) is 4.82. The molecule has 1 N–H and O–H groups in total. The monoisotopic (exact) mass is 216 g/mol. The molecule has 1 aromatic carbocycles. The number of hydrogen-bond donors (Lipinski definition) is 1. The average Bonchev–Trinajstić information content (AvgIpc) is 2.82.